The number of carbonyl (C=O) groups is 2. The number of aliphatic hydroxyl groups is 1. The Labute approximate surface area is 93.5 Å². The van der Waals surface area contributed by atoms with Crippen molar-refractivity contribution in [1.29, 1.82) is 0 Å². The zero-order valence-corrected chi connectivity index (χ0v) is 9.28. The fraction of sp³-hybridized carbons (Fsp3) is 0.333. The molecule has 1 aliphatic rings. The number of ketones is 1. The van der Waals surface area contributed by atoms with E-state index in [9.17, 15) is 9.59 Å². The van der Waals surface area contributed by atoms with Crippen molar-refractivity contribution in [2.45, 2.75) is 13.8 Å². The fourth-order valence-electron chi connectivity index (χ4n) is 2.11. The SMILES string of the molecule is Cc1cc(C)c2c(c1)N(CCO)C(=O)C2=O. The number of rotatable bonds is 2. The molecule has 0 bridgehead atoms. The van der Waals surface area contributed by atoms with E-state index in [4.69, 9.17) is 5.11 Å². The molecule has 1 amide bonds. The molecule has 1 N–H and O–H groups in total. The van der Waals surface area contributed by atoms with Crippen LogP contribution in [0.4, 0.5) is 5.69 Å². The van der Waals surface area contributed by atoms with Gasteiger partial charge in [-0.3, -0.25) is 9.59 Å². The molecule has 0 saturated carbocycles. The summed E-state index contributed by atoms with van der Waals surface area (Å²) >= 11 is 0. The molecule has 0 saturated heterocycles. The third kappa shape index (κ3) is 1.42. The minimum atomic E-state index is -0.544. The number of fused-ring (bicyclic) bond motifs is 1. The molecule has 0 aliphatic carbocycles. The van der Waals surface area contributed by atoms with Crippen LogP contribution in [-0.2, 0) is 4.79 Å². The van der Waals surface area contributed by atoms with Gasteiger partial charge < -0.3 is 10.0 Å². The van der Waals surface area contributed by atoms with Crippen molar-refractivity contribution in [3.8, 4) is 0 Å². The summed E-state index contributed by atoms with van der Waals surface area (Å²) in [5.41, 5.74) is 2.92. The van der Waals surface area contributed by atoms with Gasteiger partial charge in [-0.1, -0.05) is 6.07 Å². The van der Waals surface area contributed by atoms with Gasteiger partial charge in [0.1, 0.15) is 0 Å². The number of hydrogen-bond acceptors (Lipinski definition) is 3. The molecule has 0 fully saturated rings. The van der Waals surface area contributed by atoms with Crippen molar-refractivity contribution in [2.75, 3.05) is 18.1 Å². The lowest BCUT2D eigenvalue weighted by molar-refractivity contribution is -0.114. The van der Waals surface area contributed by atoms with E-state index in [2.05, 4.69) is 0 Å². The number of benzene rings is 1. The maximum Gasteiger partial charge on any atom is 0.299 e. The van der Waals surface area contributed by atoms with Gasteiger partial charge in [0.2, 0.25) is 0 Å². The molecule has 0 atom stereocenters. The number of amides is 1. The summed E-state index contributed by atoms with van der Waals surface area (Å²) in [6, 6.07) is 3.69. The summed E-state index contributed by atoms with van der Waals surface area (Å²) < 4.78 is 0. The standard InChI is InChI=1S/C12H13NO3/c1-7-5-8(2)10-9(6-7)13(3-4-14)12(16)11(10)15/h5-6,14H,3-4H2,1-2H3. The lowest BCUT2D eigenvalue weighted by Gasteiger charge is -2.15. The van der Waals surface area contributed by atoms with Gasteiger partial charge in [0.25, 0.3) is 11.7 Å². The summed E-state index contributed by atoms with van der Waals surface area (Å²) in [7, 11) is 0. The molecule has 0 radical (unpaired) electrons. The molecule has 1 heterocycles. The quantitative estimate of drug-likeness (QED) is 0.749. The van der Waals surface area contributed by atoms with E-state index < -0.39 is 11.7 Å². The van der Waals surface area contributed by atoms with Gasteiger partial charge >= 0.3 is 0 Å². The van der Waals surface area contributed by atoms with E-state index in [1.807, 2.05) is 19.9 Å². The van der Waals surface area contributed by atoms with Crippen LogP contribution in [0.5, 0.6) is 0 Å². The minimum Gasteiger partial charge on any atom is -0.395 e. The smallest absolute Gasteiger partial charge is 0.299 e. The first-order valence-electron chi connectivity index (χ1n) is 5.14. The van der Waals surface area contributed by atoms with Crippen LogP contribution in [0.2, 0.25) is 0 Å². The number of carbonyl (C=O) groups excluding carboxylic acids is 2. The van der Waals surface area contributed by atoms with Crippen molar-refractivity contribution in [2.24, 2.45) is 0 Å². The Kier molecular flexibility index (Phi) is 2.52. The Bertz CT molecular complexity index is 479. The molecule has 1 aromatic carbocycles. The molecule has 16 heavy (non-hydrogen) atoms. The highest BCUT2D eigenvalue weighted by Gasteiger charge is 2.36. The van der Waals surface area contributed by atoms with E-state index in [1.165, 1.54) is 4.90 Å². The van der Waals surface area contributed by atoms with E-state index >= 15 is 0 Å². The molecule has 1 aliphatic heterocycles. The van der Waals surface area contributed by atoms with Crippen molar-refractivity contribution in [3.05, 3.63) is 28.8 Å². The van der Waals surface area contributed by atoms with Crippen LogP contribution in [0.25, 0.3) is 0 Å². The molecule has 2 rings (SSSR count). The molecule has 4 heteroatoms. The molecule has 0 spiro atoms. The van der Waals surface area contributed by atoms with Crippen LogP contribution in [0, 0.1) is 13.8 Å². The van der Waals surface area contributed by atoms with Gasteiger partial charge in [-0.25, -0.2) is 0 Å². The molecular weight excluding hydrogens is 206 g/mol. The third-order valence-electron chi connectivity index (χ3n) is 2.74. The van der Waals surface area contributed by atoms with E-state index in [0.29, 0.717) is 11.3 Å². The summed E-state index contributed by atoms with van der Waals surface area (Å²) in [6.07, 6.45) is 0. The van der Waals surface area contributed by atoms with Crippen LogP contribution in [0.3, 0.4) is 0 Å². The number of β-amino-alcohol motifs (C(OH)–C–C–N with tert-alkyl or cyclic N) is 1. The van der Waals surface area contributed by atoms with Crippen LogP contribution in [-0.4, -0.2) is 29.9 Å². The van der Waals surface area contributed by atoms with Gasteiger partial charge in [-0.05, 0) is 31.0 Å². The highest BCUT2D eigenvalue weighted by atomic mass is 16.3. The zero-order valence-electron chi connectivity index (χ0n) is 9.28. The number of anilines is 1. The van der Waals surface area contributed by atoms with Crippen molar-refractivity contribution >= 4 is 17.4 Å². The second kappa shape index (κ2) is 3.72. The lowest BCUT2D eigenvalue weighted by atomic mass is 10.0. The van der Waals surface area contributed by atoms with Gasteiger partial charge in [0, 0.05) is 6.54 Å². The average molecular weight is 219 g/mol. The van der Waals surface area contributed by atoms with Crippen molar-refractivity contribution < 1.29 is 14.7 Å². The Morgan fingerprint density at radius 1 is 1.25 bits per heavy atom. The van der Waals surface area contributed by atoms with Crippen molar-refractivity contribution in [1.82, 2.24) is 0 Å². The molecule has 84 valence electrons. The van der Waals surface area contributed by atoms with Gasteiger partial charge in [0.15, 0.2) is 0 Å². The summed E-state index contributed by atoms with van der Waals surface area (Å²) in [5.74, 6) is -1.02. The van der Waals surface area contributed by atoms with Crippen molar-refractivity contribution in [3.63, 3.8) is 0 Å². The summed E-state index contributed by atoms with van der Waals surface area (Å²) in [6.45, 7) is 3.75. The number of Topliss-reactive ketones (excluding diaryl/α,β-unsaturated/α-hetero) is 1. The van der Waals surface area contributed by atoms with E-state index in [0.717, 1.165) is 11.1 Å². The minimum absolute atomic E-state index is 0.147. The highest BCUT2D eigenvalue weighted by Crippen LogP contribution is 2.32. The second-order valence-corrected chi connectivity index (χ2v) is 3.99. The average Bonchev–Trinajstić information content (AvgIpc) is 2.44. The Morgan fingerprint density at radius 2 is 1.94 bits per heavy atom. The van der Waals surface area contributed by atoms with Gasteiger partial charge in [0.05, 0.1) is 17.9 Å². The number of aliphatic hydroxyl groups excluding tert-OH is 1. The summed E-state index contributed by atoms with van der Waals surface area (Å²) in [4.78, 5) is 24.8. The Balaban J connectivity index is 2.60. The third-order valence-corrected chi connectivity index (χ3v) is 2.74. The maximum atomic E-state index is 11.7. The predicted molar refractivity (Wildman–Crippen MR) is 59.7 cm³/mol. The molecule has 1 aromatic rings. The number of nitrogens with zero attached hydrogens (tertiary/aromatic N) is 1. The molecule has 4 nitrogen and oxygen atoms in total. The largest absolute Gasteiger partial charge is 0.395 e. The second-order valence-electron chi connectivity index (χ2n) is 3.99. The first-order valence-corrected chi connectivity index (χ1v) is 5.14. The van der Waals surface area contributed by atoms with E-state index in [-0.39, 0.29) is 13.2 Å². The monoisotopic (exact) mass is 219 g/mol. The number of aryl methyl sites for hydroxylation is 2. The predicted octanol–water partition coefficient (Wildman–Crippen LogP) is 0.825. The number of hydrogen-bond donors (Lipinski definition) is 1. The lowest BCUT2D eigenvalue weighted by Crippen LogP contribution is -2.32. The first-order chi connectivity index (χ1) is 7.56. The topological polar surface area (TPSA) is 57.6 Å². The molecule has 0 aromatic heterocycles. The molecule has 0 unspecified atom stereocenters. The fourth-order valence-corrected chi connectivity index (χ4v) is 2.11. The van der Waals surface area contributed by atoms with Gasteiger partial charge in [-0.15, -0.1) is 0 Å². The normalized spacial score (nSPS) is 14.6. The van der Waals surface area contributed by atoms with Crippen LogP contribution < -0.4 is 4.90 Å². The van der Waals surface area contributed by atoms with E-state index in [1.54, 1.807) is 6.07 Å². The Morgan fingerprint density at radius 3 is 2.56 bits per heavy atom. The maximum absolute atomic E-state index is 11.7. The van der Waals surface area contributed by atoms with Crippen LogP contribution in [0.15, 0.2) is 12.1 Å². The van der Waals surface area contributed by atoms with Crippen LogP contribution in [0.1, 0.15) is 21.5 Å². The highest BCUT2D eigenvalue weighted by molar-refractivity contribution is 6.52. The first kappa shape index (κ1) is 10.8. The summed E-state index contributed by atoms with van der Waals surface area (Å²) in [5, 5.41) is 8.89. The molecular formula is C12H13NO3. The van der Waals surface area contributed by atoms with Crippen LogP contribution >= 0.6 is 0 Å². The zero-order chi connectivity index (χ0) is 11.9. The Hall–Kier alpha value is -1.68. The van der Waals surface area contributed by atoms with Gasteiger partial charge in [-0.2, -0.15) is 0 Å².